The fraction of sp³-hybridized carbons (Fsp3) is 0.721. The Hall–Kier alpha value is -3.49. The van der Waals surface area contributed by atoms with Crippen molar-refractivity contribution in [2.24, 2.45) is 0 Å². The normalized spacial score (nSPS) is 13.5. The van der Waals surface area contributed by atoms with Gasteiger partial charge in [0, 0.05) is 19.3 Å². The highest BCUT2D eigenvalue weighted by molar-refractivity contribution is 5.72. The van der Waals surface area contributed by atoms with Gasteiger partial charge in [-0.3, -0.25) is 9.59 Å². The minimum absolute atomic E-state index is 0.0490. The van der Waals surface area contributed by atoms with Crippen molar-refractivity contribution in [3.05, 3.63) is 85.1 Å². The number of carboxylic acid groups (broad SMARTS) is 1. The summed E-state index contributed by atoms with van der Waals surface area (Å²) in [5.41, 5.74) is 0. The molecule has 8 heteroatoms. The zero-order chi connectivity index (χ0) is 50.6. The Morgan fingerprint density at radius 2 is 0.812 bits per heavy atom. The molecule has 69 heavy (non-hydrogen) atoms. The van der Waals surface area contributed by atoms with E-state index < -0.39 is 18.1 Å². The summed E-state index contributed by atoms with van der Waals surface area (Å²) in [5, 5.41) is 9.68. The molecule has 2 unspecified atom stereocenters. The SMILES string of the molecule is CC/C=C/C/C=C/C/C=C/C/C=C/C/C=C/CCCCCCCCC(=O)OCC(COCCC(C(=O)O)[N+](C)(C)C)OC(=O)CCCCCCCCC/C=C/C/C=C/CCCCCCCCCCC. The second-order valence-corrected chi connectivity index (χ2v) is 19.8. The number of likely N-dealkylation sites (N-methyl/N-ethyl adjacent to an activating group) is 1. The fourth-order valence-corrected chi connectivity index (χ4v) is 7.97. The van der Waals surface area contributed by atoms with Crippen LogP contribution in [0.15, 0.2) is 85.1 Å². The van der Waals surface area contributed by atoms with Crippen molar-refractivity contribution in [3.8, 4) is 0 Å². The second kappa shape index (κ2) is 50.9. The first-order valence-electron chi connectivity index (χ1n) is 28.1. The lowest BCUT2D eigenvalue weighted by molar-refractivity contribution is -0.887. The number of quaternary nitrogens is 1. The van der Waals surface area contributed by atoms with Gasteiger partial charge in [0.1, 0.15) is 6.61 Å². The van der Waals surface area contributed by atoms with E-state index in [1.807, 2.05) is 21.1 Å². The predicted octanol–water partition coefficient (Wildman–Crippen LogP) is 16.8. The number of aliphatic carboxylic acids is 1. The summed E-state index contributed by atoms with van der Waals surface area (Å²) in [7, 11) is 5.53. The van der Waals surface area contributed by atoms with Gasteiger partial charge in [-0.25, -0.2) is 4.79 Å². The smallest absolute Gasteiger partial charge is 0.362 e. The first-order valence-corrected chi connectivity index (χ1v) is 28.1. The molecule has 0 heterocycles. The average Bonchev–Trinajstić information content (AvgIpc) is 3.31. The molecule has 0 amide bonds. The van der Waals surface area contributed by atoms with Crippen LogP contribution >= 0.6 is 0 Å². The van der Waals surface area contributed by atoms with E-state index in [-0.39, 0.29) is 36.2 Å². The van der Waals surface area contributed by atoms with Gasteiger partial charge in [0.05, 0.1) is 34.4 Å². The van der Waals surface area contributed by atoms with Crippen molar-refractivity contribution >= 4 is 17.9 Å². The van der Waals surface area contributed by atoms with Crippen molar-refractivity contribution in [3.63, 3.8) is 0 Å². The van der Waals surface area contributed by atoms with Gasteiger partial charge >= 0.3 is 17.9 Å². The van der Waals surface area contributed by atoms with Crippen molar-refractivity contribution in [1.29, 1.82) is 0 Å². The fourth-order valence-electron chi connectivity index (χ4n) is 7.97. The Balaban J connectivity index is 4.26. The summed E-state index contributed by atoms with van der Waals surface area (Å²) in [4.78, 5) is 37.3. The lowest BCUT2D eigenvalue weighted by Crippen LogP contribution is -2.50. The molecule has 0 radical (unpaired) electrons. The largest absolute Gasteiger partial charge is 0.477 e. The quantitative estimate of drug-likeness (QED) is 0.0281. The highest BCUT2D eigenvalue weighted by atomic mass is 16.6. The Kier molecular flexibility index (Phi) is 48.3. The maximum atomic E-state index is 12.8. The molecule has 8 nitrogen and oxygen atoms in total. The molecule has 0 rings (SSSR count). The van der Waals surface area contributed by atoms with Gasteiger partial charge in [-0.05, 0) is 89.9 Å². The van der Waals surface area contributed by atoms with Gasteiger partial charge in [0.2, 0.25) is 0 Å². The first-order chi connectivity index (χ1) is 33.6. The summed E-state index contributed by atoms with van der Waals surface area (Å²) < 4.78 is 17.4. The molecular weight excluding hydrogens is 859 g/mol. The highest BCUT2D eigenvalue weighted by Gasteiger charge is 2.31. The van der Waals surface area contributed by atoms with Crippen LogP contribution in [0.3, 0.4) is 0 Å². The van der Waals surface area contributed by atoms with E-state index in [0.717, 1.165) is 96.3 Å². The van der Waals surface area contributed by atoms with Crippen LogP contribution < -0.4 is 0 Å². The molecule has 0 aliphatic carbocycles. The number of nitrogens with zero attached hydrogens (tertiary/aromatic N) is 1. The zero-order valence-electron chi connectivity index (χ0n) is 45.2. The lowest BCUT2D eigenvalue weighted by Gasteiger charge is -2.31. The van der Waals surface area contributed by atoms with Crippen LogP contribution in [0.1, 0.15) is 232 Å². The summed E-state index contributed by atoms with van der Waals surface area (Å²) in [5.74, 6) is -1.50. The number of carbonyl (C=O) groups is 3. The van der Waals surface area contributed by atoms with Crippen LogP contribution in [-0.2, 0) is 28.6 Å². The van der Waals surface area contributed by atoms with Crippen molar-refractivity contribution in [2.45, 2.75) is 244 Å². The molecule has 0 aliphatic rings. The van der Waals surface area contributed by atoms with Crippen molar-refractivity contribution in [2.75, 3.05) is 41.0 Å². The van der Waals surface area contributed by atoms with Gasteiger partial charge in [-0.1, -0.05) is 208 Å². The number of esters is 2. The molecule has 0 aromatic rings. The van der Waals surface area contributed by atoms with Gasteiger partial charge in [-0.15, -0.1) is 0 Å². The predicted molar refractivity (Wildman–Crippen MR) is 293 cm³/mol. The number of allylic oxidation sites excluding steroid dienone is 14. The Labute approximate surface area is 424 Å². The van der Waals surface area contributed by atoms with Crippen LogP contribution in [0.2, 0.25) is 0 Å². The van der Waals surface area contributed by atoms with Crippen LogP contribution in [0, 0.1) is 0 Å². The van der Waals surface area contributed by atoms with E-state index in [1.54, 1.807) is 0 Å². The van der Waals surface area contributed by atoms with E-state index in [9.17, 15) is 19.5 Å². The summed E-state index contributed by atoms with van der Waals surface area (Å²) in [6.45, 7) is 4.61. The van der Waals surface area contributed by atoms with Crippen LogP contribution in [0.4, 0.5) is 0 Å². The third-order valence-electron chi connectivity index (χ3n) is 12.3. The maximum absolute atomic E-state index is 12.8. The van der Waals surface area contributed by atoms with Crippen molar-refractivity contribution in [1.82, 2.24) is 0 Å². The molecule has 1 N–H and O–H groups in total. The van der Waals surface area contributed by atoms with Gasteiger partial charge in [-0.2, -0.15) is 0 Å². The van der Waals surface area contributed by atoms with E-state index in [1.165, 1.54) is 103 Å². The summed E-state index contributed by atoms with van der Waals surface area (Å²) in [6, 6.07) is -0.624. The van der Waals surface area contributed by atoms with E-state index in [4.69, 9.17) is 14.2 Å². The molecular formula is C61H106NO7+. The number of carboxylic acids is 1. The van der Waals surface area contributed by atoms with Crippen LogP contribution in [-0.4, -0.2) is 80.6 Å². The molecule has 0 aromatic carbocycles. The highest BCUT2D eigenvalue weighted by Crippen LogP contribution is 2.15. The van der Waals surface area contributed by atoms with Crippen LogP contribution in [0.25, 0.3) is 0 Å². The molecule has 2 atom stereocenters. The third-order valence-corrected chi connectivity index (χ3v) is 12.3. The maximum Gasteiger partial charge on any atom is 0.362 e. The topological polar surface area (TPSA) is 99.1 Å². The minimum atomic E-state index is -0.880. The van der Waals surface area contributed by atoms with Gasteiger partial charge in [0.25, 0.3) is 0 Å². The number of carbonyl (C=O) groups excluding carboxylic acids is 2. The molecule has 0 saturated heterocycles. The second-order valence-electron chi connectivity index (χ2n) is 19.8. The number of ether oxygens (including phenoxy) is 3. The average molecular weight is 966 g/mol. The number of unbranched alkanes of at least 4 members (excludes halogenated alkanes) is 22. The van der Waals surface area contributed by atoms with E-state index in [2.05, 4.69) is 98.9 Å². The zero-order valence-corrected chi connectivity index (χ0v) is 45.2. The Morgan fingerprint density at radius 1 is 0.449 bits per heavy atom. The number of rotatable bonds is 50. The summed E-state index contributed by atoms with van der Waals surface area (Å²) >= 11 is 0. The molecule has 0 bridgehead atoms. The number of hydrogen-bond acceptors (Lipinski definition) is 6. The van der Waals surface area contributed by atoms with Gasteiger partial charge < -0.3 is 23.8 Å². The van der Waals surface area contributed by atoms with E-state index >= 15 is 0 Å². The Bertz CT molecular complexity index is 1400. The first kappa shape index (κ1) is 65.5. The molecule has 0 fully saturated rings. The minimum Gasteiger partial charge on any atom is -0.477 e. The monoisotopic (exact) mass is 965 g/mol. The number of hydrogen-bond donors (Lipinski definition) is 1. The third kappa shape index (κ3) is 49.3. The Morgan fingerprint density at radius 3 is 1.20 bits per heavy atom. The van der Waals surface area contributed by atoms with Gasteiger partial charge in [0.15, 0.2) is 12.1 Å². The standard InChI is InChI=1S/C61H105NO7/c1-6-8-10-12-14-16-18-20-22-24-26-28-30-32-34-36-38-40-42-44-46-48-50-52-60(64)69-57(55-67-54-53-58(61(65)66)62(3,4)5)56-68-59(63)51-49-47-45-43-41-39-37-35-33-31-29-27-25-23-21-19-17-15-13-11-9-7-2/h9,11,15,17,21,23,26-29,32-35,57-58H,6-8,10,12-14,16,18-20,22,24-25,30-31,36-56H2,1-5H3/p+1/b11-9+,17-15+,23-21+,28-26+,29-27+,34-32+,35-33+. The molecule has 0 saturated carbocycles. The molecule has 396 valence electrons. The van der Waals surface area contributed by atoms with E-state index in [0.29, 0.717) is 19.3 Å². The molecule has 0 aromatic heterocycles. The van der Waals surface area contributed by atoms with Crippen LogP contribution in [0.5, 0.6) is 0 Å². The molecule has 0 aliphatic heterocycles. The lowest BCUT2D eigenvalue weighted by atomic mass is 10.1. The van der Waals surface area contributed by atoms with Crippen molar-refractivity contribution < 1.29 is 38.2 Å². The molecule has 0 spiro atoms. The summed E-state index contributed by atoms with van der Waals surface area (Å²) in [6.07, 6.45) is 67.8.